The van der Waals surface area contributed by atoms with Gasteiger partial charge in [0.05, 0.1) is 10.5 Å². The first-order valence-electron chi connectivity index (χ1n) is 5.92. The van der Waals surface area contributed by atoms with Crippen molar-refractivity contribution < 1.29 is 18.3 Å². The Labute approximate surface area is 112 Å². The summed E-state index contributed by atoms with van der Waals surface area (Å²) in [6.07, 6.45) is 4.41. The molecule has 1 heterocycles. The number of hydrogen-bond acceptors (Lipinski definition) is 3. The van der Waals surface area contributed by atoms with Gasteiger partial charge in [0.1, 0.15) is 0 Å². The number of nitrogens with zero attached hydrogens (tertiary/aromatic N) is 1. The molecule has 0 bridgehead atoms. The number of aromatic carboxylic acids is 1. The van der Waals surface area contributed by atoms with E-state index in [1.165, 1.54) is 22.5 Å². The molecular weight excluding hydrogens is 266 g/mol. The molecule has 0 aromatic heterocycles. The molecule has 0 unspecified atom stereocenters. The van der Waals surface area contributed by atoms with E-state index in [2.05, 4.69) is 0 Å². The maximum absolute atomic E-state index is 12.4. The zero-order valence-electron chi connectivity index (χ0n) is 10.5. The summed E-state index contributed by atoms with van der Waals surface area (Å²) in [7, 11) is -3.62. The van der Waals surface area contributed by atoms with Gasteiger partial charge in [-0.1, -0.05) is 18.2 Å². The molecule has 1 aromatic rings. The molecule has 1 aromatic carbocycles. The molecule has 0 atom stereocenters. The minimum atomic E-state index is -3.62. The second-order valence-corrected chi connectivity index (χ2v) is 6.34. The standard InChI is InChI=1S/C13H15NO4S/c1-10-5-6-11(9-12(10)13(15)16)19(17,18)14-7-3-2-4-8-14/h2-3,5-6,9H,4,7-8H2,1H3,(H,15,16). The summed E-state index contributed by atoms with van der Waals surface area (Å²) in [6.45, 7) is 2.40. The minimum absolute atomic E-state index is 0.0219. The van der Waals surface area contributed by atoms with Crippen molar-refractivity contribution in [1.82, 2.24) is 4.31 Å². The van der Waals surface area contributed by atoms with Crippen LogP contribution < -0.4 is 0 Å². The SMILES string of the molecule is Cc1ccc(S(=O)(=O)N2CC=CCC2)cc1C(=O)O. The van der Waals surface area contributed by atoms with Crippen LogP contribution in [-0.2, 0) is 10.0 Å². The smallest absolute Gasteiger partial charge is 0.335 e. The predicted molar refractivity (Wildman–Crippen MR) is 70.7 cm³/mol. The van der Waals surface area contributed by atoms with E-state index in [0.717, 1.165) is 0 Å². The minimum Gasteiger partial charge on any atom is -0.478 e. The summed E-state index contributed by atoms with van der Waals surface area (Å²) in [5.74, 6) is -1.12. The van der Waals surface area contributed by atoms with Crippen LogP contribution in [0.1, 0.15) is 22.3 Å². The Morgan fingerprint density at radius 1 is 1.32 bits per heavy atom. The average Bonchev–Trinajstić information content (AvgIpc) is 2.39. The number of carboxylic acids is 1. The van der Waals surface area contributed by atoms with Crippen LogP contribution in [-0.4, -0.2) is 36.9 Å². The van der Waals surface area contributed by atoms with Crippen molar-refractivity contribution in [1.29, 1.82) is 0 Å². The van der Waals surface area contributed by atoms with Crippen molar-refractivity contribution in [2.75, 3.05) is 13.1 Å². The van der Waals surface area contributed by atoms with Gasteiger partial charge in [0.15, 0.2) is 0 Å². The number of hydrogen-bond donors (Lipinski definition) is 1. The van der Waals surface area contributed by atoms with E-state index in [9.17, 15) is 13.2 Å². The Morgan fingerprint density at radius 3 is 2.63 bits per heavy atom. The lowest BCUT2D eigenvalue weighted by atomic mass is 10.1. The molecule has 1 N–H and O–H groups in total. The Balaban J connectivity index is 2.43. The second-order valence-electron chi connectivity index (χ2n) is 4.41. The molecule has 0 amide bonds. The van der Waals surface area contributed by atoms with E-state index in [1.54, 1.807) is 13.0 Å². The molecule has 0 spiro atoms. The summed E-state index contributed by atoms with van der Waals surface area (Å²) in [5.41, 5.74) is 0.568. The maximum atomic E-state index is 12.4. The first-order chi connectivity index (χ1) is 8.93. The highest BCUT2D eigenvalue weighted by molar-refractivity contribution is 7.89. The molecule has 0 saturated heterocycles. The van der Waals surface area contributed by atoms with Gasteiger partial charge in [-0.05, 0) is 31.0 Å². The highest BCUT2D eigenvalue weighted by Crippen LogP contribution is 2.21. The molecule has 2 rings (SSSR count). The summed E-state index contributed by atoms with van der Waals surface area (Å²) in [4.78, 5) is 11.1. The van der Waals surface area contributed by atoms with Crippen LogP contribution >= 0.6 is 0 Å². The van der Waals surface area contributed by atoms with Gasteiger partial charge in [0.2, 0.25) is 10.0 Å². The maximum Gasteiger partial charge on any atom is 0.335 e. The quantitative estimate of drug-likeness (QED) is 0.855. The number of sulfonamides is 1. The normalized spacial score (nSPS) is 16.5. The molecule has 0 saturated carbocycles. The van der Waals surface area contributed by atoms with Crippen molar-refractivity contribution in [3.8, 4) is 0 Å². The Bertz CT molecular complexity index is 634. The first-order valence-corrected chi connectivity index (χ1v) is 7.36. The highest BCUT2D eigenvalue weighted by atomic mass is 32.2. The van der Waals surface area contributed by atoms with Crippen LogP contribution in [0.5, 0.6) is 0 Å². The number of carboxylic acid groups (broad SMARTS) is 1. The first kappa shape index (κ1) is 13.8. The number of aryl methyl sites for hydroxylation is 1. The van der Waals surface area contributed by atoms with E-state index in [-0.39, 0.29) is 10.5 Å². The van der Waals surface area contributed by atoms with Crippen molar-refractivity contribution in [2.24, 2.45) is 0 Å². The zero-order valence-corrected chi connectivity index (χ0v) is 11.4. The lowest BCUT2D eigenvalue weighted by Gasteiger charge is -2.23. The molecule has 102 valence electrons. The van der Waals surface area contributed by atoms with Crippen LogP contribution in [0.25, 0.3) is 0 Å². The molecule has 6 heteroatoms. The lowest BCUT2D eigenvalue weighted by Crippen LogP contribution is -2.33. The van der Waals surface area contributed by atoms with Gasteiger partial charge >= 0.3 is 5.97 Å². The van der Waals surface area contributed by atoms with E-state index in [0.29, 0.717) is 25.1 Å². The summed E-state index contributed by atoms with van der Waals surface area (Å²) in [5, 5.41) is 9.05. The van der Waals surface area contributed by atoms with Crippen LogP contribution in [0, 0.1) is 6.92 Å². The third kappa shape index (κ3) is 2.69. The Hall–Kier alpha value is -1.66. The van der Waals surface area contributed by atoms with Crippen molar-refractivity contribution in [3.63, 3.8) is 0 Å². The largest absolute Gasteiger partial charge is 0.478 e. The van der Waals surface area contributed by atoms with E-state index in [1.807, 2.05) is 6.08 Å². The third-order valence-electron chi connectivity index (χ3n) is 3.10. The summed E-state index contributed by atoms with van der Waals surface area (Å²) in [6, 6.07) is 4.21. The molecule has 0 radical (unpaired) electrons. The summed E-state index contributed by atoms with van der Waals surface area (Å²) < 4.78 is 26.1. The van der Waals surface area contributed by atoms with Gasteiger partial charge in [0, 0.05) is 13.1 Å². The van der Waals surface area contributed by atoms with Gasteiger partial charge in [-0.2, -0.15) is 4.31 Å². The van der Waals surface area contributed by atoms with Crippen molar-refractivity contribution >= 4 is 16.0 Å². The predicted octanol–water partition coefficient (Wildman–Crippen LogP) is 1.64. The van der Waals surface area contributed by atoms with Gasteiger partial charge in [-0.25, -0.2) is 13.2 Å². The molecule has 0 fully saturated rings. The van der Waals surface area contributed by atoms with Gasteiger partial charge < -0.3 is 5.11 Å². The molecule has 1 aliphatic rings. The molecule has 5 nitrogen and oxygen atoms in total. The van der Waals surface area contributed by atoms with Crippen LogP contribution in [0.2, 0.25) is 0 Å². The number of carbonyl (C=O) groups is 1. The molecule has 1 aliphatic heterocycles. The second kappa shape index (κ2) is 5.14. The summed E-state index contributed by atoms with van der Waals surface area (Å²) >= 11 is 0. The van der Waals surface area contributed by atoms with E-state index < -0.39 is 16.0 Å². The molecule has 0 aliphatic carbocycles. The van der Waals surface area contributed by atoms with Crippen LogP contribution in [0.15, 0.2) is 35.2 Å². The monoisotopic (exact) mass is 281 g/mol. The van der Waals surface area contributed by atoms with Crippen molar-refractivity contribution in [2.45, 2.75) is 18.2 Å². The zero-order chi connectivity index (χ0) is 14.0. The van der Waals surface area contributed by atoms with E-state index in [4.69, 9.17) is 5.11 Å². The van der Waals surface area contributed by atoms with Crippen molar-refractivity contribution in [3.05, 3.63) is 41.5 Å². The van der Waals surface area contributed by atoms with E-state index >= 15 is 0 Å². The fraction of sp³-hybridized carbons (Fsp3) is 0.308. The molecule has 19 heavy (non-hydrogen) atoms. The topological polar surface area (TPSA) is 74.7 Å². The molecular formula is C13H15NO4S. The fourth-order valence-electron chi connectivity index (χ4n) is 1.98. The Kier molecular flexibility index (Phi) is 3.73. The van der Waals surface area contributed by atoms with Gasteiger partial charge in [0.25, 0.3) is 0 Å². The fourth-order valence-corrected chi connectivity index (χ4v) is 3.41. The third-order valence-corrected chi connectivity index (χ3v) is 4.96. The Morgan fingerprint density at radius 2 is 2.05 bits per heavy atom. The van der Waals surface area contributed by atoms with Crippen LogP contribution in [0.4, 0.5) is 0 Å². The van der Waals surface area contributed by atoms with Crippen LogP contribution in [0.3, 0.4) is 0 Å². The van der Waals surface area contributed by atoms with Gasteiger partial charge in [-0.15, -0.1) is 0 Å². The van der Waals surface area contributed by atoms with Gasteiger partial charge in [-0.3, -0.25) is 0 Å². The number of benzene rings is 1. The number of rotatable bonds is 3. The lowest BCUT2D eigenvalue weighted by molar-refractivity contribution is 0.0696. The average molecular weight is 281 g/mol. The highest BCUT2D eigenvalue weighted by Gasteiger charge is 2.25.